The summed E-state index contributed by atoms with van der Waals surface area (Å²) in [5, 5.41) is 0. The molecule has 2 fully saturated rings. The van der Waals surface area contributed by atoms with E-state index in [2.05, 4.69) is 11.8 Å². The molecule has 0 spiro atoms. The molecule has 0 bridgehead atoms. The Bertz CT molecular complexity index is 175. The molecule has 0 aromatic rings. The summed E-state index contributed by atoms with van der Waals surface area (Å²) >= 11 is 0. The molecule has 2 nitrogen and oxygen atoms in total. The third-order valence-electron chi connectivity index (χ3n) is 4.32. The highest BCUT2D eigenvalue weighted by Crippen LogP contribution is 2.30. The van der Waals surface area contributed by atoms with Gasteiger partial charge in [0, 0.05) is 12.6 Å². The first-order valence-electron chi connectivity index (χ1n) is 6.25. The topological polar surface area (TPSA) is 29.3 Å². The molecule has 1 saturated carbocycles. The van der Waals surface area contributed by atoms with E-state index in [1.165, 1.54) is 45.2 Å². The normalized spacial score (nSPS) is 35.6. The molecule has 1 saturated heterocycles. The molecule has 0 aromatic heterocycles. The third kappa shape index (κ3) is 2.12. The lowest BCUT2D eigenvalue weighted by atomic mass is 10.0. The SMILES string of the molecule is CC1C(CN)CCN1CC1CCCC1. The van der Waals surface area contributed by atoms with Crippen molar-refractivity contribution >= 4 is 0 Å². The van der Waals surface area contributed by atoms with Gasteiger partial charge in [-0.05, 0) is 51.1 Å². The molecule has 2 N–H and O–H groups in total. The second kappa shape index (κ2) is 4.63. The fraction of sp³-hybridized carbons (Fsp3) is 1.00. The molecular weight excluding hydrogens is 172 g/mol. The molecular formula is C12H24N2. The van der Waals surface area contributed by atoms with E-state index in [-0.39, 0.29) is 0 Å². The molecule has 2 unspecified atom stereocenters. The lowest BCUT2D eigenvalue weighted by Crippen LogP contribution is -2.35. The van der Waals surface area contributed by atoms with Crippen LogP contribution in [0.3, 0.4) is 0 Å². The molecule has 14 heavy (non-hydrogen) atoms. The zero-order chi connectivity index (χ0) is 9.97. The van der Waals surface area contributed by atoms with E-state index in [1.54, 1.807) is 0 Å². The second-order valence-corrected chi connectivity index (χ2v) is 5.17. The standard InChI is InChI=1S/C12H24N2/c1-10-12(8-13)6-7-14(10)9-11-4-2-3-5-11/h10-12H,2-9,13H2,1H3. The Morgan fingerprint density at radius 3 is 2.50 bits per heavy atom. The predicted octanol–water partition coefficient (Wildman–Crippen LogP) is 1.85. The molecule has 82 valence electrons. The summed E-state index contributed by atoms with van der Waals surface area (Å²) in [4.78, 5) is 2.67. The van der Waals surface area contributed by atoms with Crippen LogP contribution >= 0.6 is 0 Å². The monoisotopic (exact) mass is 196 g/mol. The Balaban J connectivity index is 1.80. The zero-order valence-corrected chi connectivity index (χ0v) is 9.41. The first-order chi connectivity index (χ1) is 6.81. The molecule has 1 heterocycles. The van der Waals surface area contributed by atoms with Crippen LogP contribution in [0.15, 0.2) is 0 Å². The Morgan fingerprint density at radius 1 is 1.21 bits per heavy atom. The summed E-state index contributed by atoms with van der Waals surface area (Å²) < 4.78 is 0. The number of hydrogen-bond donors (Lipinski definition) is 1. The van der Waals surface area contributed by atoms with Crippen molar-refractivity contribution in [3.63, 3.8) is 0 Å². The quantitative estimate of drug-likeness (QED) is 0.746. The summed E-state index contributed by atoms with van der Waals surface area (Å²) in [5.41, 5.74) is 5.77. The molecule has 0 aromatic carbocycles. The fourth-order valence-corrected chi connectivity index (χ4v) is 3.17. The Labute approximate surface area is 87.8 Å². The number of hydrogen-bond acceptors (Lipinski definition) is 2. The summed E-state index contributed by atoms with van der Waals surface area (Å²) in [7, 11) is 0. The van der Waals surface area contributed by atoms with Gasteiger partial charge in [-0.15, -0.1) is 0 Å². The number of nitrogens with zero attached hydrogens (tertiary/aromatic N) is 1. The second-order valence-electron chi connectivity index (χ2n) is 5.17. The third-order valence-corrected chi connectivity index (χ3v) is 4.32. The predicted molar refractivity (Wildman–Crippen MR) is 60.2 cm³/mol. The minimum atomic E-state index is 0.737. The van der Waals surface area contributed by atoms with Gasteiger partial charge in [0.1, 0.15) is 0 Å². The van der Waals surface area contributed by atoms with Crippen LogP contribution in [-0.2, 0) is 0 Å². The van der Waals surface area contributed by atoms with E-state index >= 15 is 0 Å². The van der Waals surface area contributed by atoms with Crippen LogP contribution in [0.25, 0.3) is 0 Å². The molecule has 2 aliphatic rings. The van der Waals surface area contributed by atoms with Gasteiger partial charge in [-0.2, -0.15) is 0 Å². The van der Waals surface area contributed by atoms with Crippen LogP contribution in [-0.4, -0.2) is 30.6 Å². The van der Waals surface area contributed by atoms with Crippen LogP contribution in [0.2, 0.25) is 0 Å². The van der Waals surface area contributed by atoms with Crippen molar-refractivity contribution in [1.29, 1.82) is 0 Å². The van der Waals surface area contributed by atoms with E-state index in [1.807, 2.05) is 0 Å². The van der Waals surface area contributed by atoms with Gasteiger partial charge in [0.05, 0.1) is 0 Å². The first-order valence-corrected chi connectivity index (χ1v) is 6.25. The zero-order valence-electron chi connectivity index (χ0n) is 9.41. The van der Waals surface area contributed by atoms with Gasteiger partial charge in [0.15, 0.2) is 0 Å². The van der Waals surface area contributed by atoms with Crippen LogP contribution in [0, 0.1) is 11.8 Å². The van der Waals surface area contributed by atoms with E-state index in [0.717, 1.165) is 24.4 Å². The van der Waals surface area contributed by atoms with Gasteiger partial charge in [0.25, 0.3) is 0 Å². The molecule has 1 aliphatic heterocycles. The van der Waals surface area contributed by atoms with Crippen LogP contribution < -0.4 is 5.73 Å². The molecule has 2 heteroatoms. The van der Waals surface area contributed by atoms with Gasteiger partial charge in [-0.3, -0.25) is 0 Å². The first kappa shape index (κ1) is 10.4. The highest BCUT2D eigenvalue weighted by Gasteiger charge is 2.31. The van der Waals surface area contributed by atoms with Crippen LogP contribution in [0.5, 0.6) is 0 Å². The molecule has 0 amide bonds. The lowest BCUT2D eigenvalue weighted by Gasteiger charge is -2.26. The largest absolute Gasteiger partial charge is 0.330 e. The molecule has 2 atom stereocenters. The Kier molecular flexibility index (Phi) is 3.45. The van der Waals surface area contributed by atoms with Crippen molar-refractivity contribution in [1.82, 2.24) is 4.90 Å². The maximum absolute atomic E-state index is 5.77. The van der Waals surface area contributed by atoms with E-state index in [4.69, 9.17) is 5.73 Å². The average Bonchev–Trinajstić information content (AvgIpc) is 2.79. The van der Waals surface area contributed by atoms with Crippen molar-refractivity contribution < 1.29 is 0 Å². The summed E-state index contributed by atoms with van der Waals surface area (Å²) in [6.07, 6.45) is 7.19. The minimum absolute atomic E-state index is 0.737. The highest BCUT2D eigenvalue weighted by atomic mass is 15.2. The van der Waals surface area contributed by atoms with Crippen LogP contribution in [0.4, 0.5) is 0 Å². The van der Waals surface area contributed by atoms with Crippen molar-refractivity contribution in [3.8, 4) is 0 Å². The minimum Gasteiger partial charge on any atom is -0.330 e. The van der Waals surface area contributed by atoms with Gasteiger partial charge >= 0.3 is 0 Å². The van der Waals surface area contributed by atoms with Gasteiger partial charge in [-0.25, -0.2) is 0 Å². The average molecular weight is 196 g/mol. The number of likely N-dealkylation sites (tertiary alicyclic amines) is 1. The van der Waals surface area contributed by atoms with Crippen molar-refractivity contribution in [3.05, 3.63) is 0 Å². The van der Waals surface area contributed by atoms with Crippen LogP contribution in [0.1, 0.15) is 39.0 Å². The van der Waals surface area contributed by atoms with Crippen molar-refractivity contribution in [2.24, 2.45) is 17.6 Å². The molecule has 2 rings (SSSR count). The maximum Gasteiger partial charge on any atom is 0.0108 e. The van der Waals surface area contributed by atoms with Gasteiger partial charge < -0.3 is 10.6 Å². The Hall–Kier alpha value is -0.0800. The highest BCUT2D eigenvalue weighted by molar-refractivity contribution is 4.86. The maximum atomic E-state index is 5.77. The number of nitrogens with two attached hydrogens (primary N) is 1. The Morgan fingerprint density at radius 2 is 1.93 bits per heavy atom. The summed E-state index contributed by atoms with van der Waals surface area (Å²) in [5.74, 6) is 1.75. The number of rotatable bonds is 3. The van der Waals surface area contributed by atoms with Gasteiger partial charge in [0.2, 0.25) is 0 Å². The fourth-order valence-electron chi connectivity index (χ4n) is 3.17. The van der Waals surface area contributed by atoms with E-state index < -0.39 is 0 Å². The van der Waals surface area contributed by atoms with E-state index in [0.29, 0.717) is 0 Å². The lowest BCUT2D eigenvalue weighted by molar-refractivity contribution is 0.208. The molecule has 0 radical (unpaired) electrons. The van der Waals surface area contributed by atoms with Crippen molar-refractivity contribution in [2.45, 2.75) is 45.1 Å². The van der Waals surface area contributed by atoms with Gasteiger partial charge in [-0.1, -0.05) is 12.8 Å². The summed E-state index contributed by atoms with van der Waals surface area (Å²) in [6, 6.07) is 0.737. The smallest absolute Gasteiger partial charge is 0.0108 e. The summed E-state index contributed by atoms with van der Waals surface area (Å²) in [6.45, 7) is 5.87. The van der Waals surface area contributed by atoms with E-state index in [9.17, 15) is 0 Å². The molecule has 1 aliphatic carbocycles. The van der Waals surface area contributed by atoms with Crippen molar-refractivity contribution in [2.75, 3.05) is 19.6 Å².